The molecule has 106 valence electrons. The van der Waals surface area contributed by atoms with Crippen molar-refractivity contribution in [2.24, 2.45) is 0 Å². The van der Waals surface area contributed by atoms with Gasteiger partial charge in [-0.3, -0.25) is 9.36 Å². The van der Waals surface area contributed by atoms with Gasteiger partial charge in [0.25, 0.3) is 0 Å². The summed E-state index contributed by atoms with van der Waals surface area (Å²) >= 11 is 11.8. The van der Waals surface area contributed by atoms with Crippen LogP contribution in [0.3, 0.4) is 0 Å². The first kappa shape index (κ1) is 16.7. The zero-order valence-corrected chi connectivity index (χ0v) is 13.1. The number of hydrogen-bond acceptors (Lipinski definition) is 4. The van der Waals surface area contributed by atoms with Crippen molar-refractivity contribution in [1.82, 2.24) is 0 Å². The van der Waals surface area contributed by atoms with E-state index in [0.29, 0.717) is 0 Å². The van der Waals surface area contributed by atoms with E-state index in [1.807, 2.05) is 0 Å². The SMILES string of the molecule is CCOP(=O)(CC(=O)c1cccc(Cl)c1Cl)OCC. The smallest absolute Gasteiger partial charge is 0.309 e. The van der Waals surface area contributed by atoms with Gasteiger partial charge in [-0.1, -0.05) is 29.3 Å². The number of halogens is 2. The Morgan fingerprint density at radius 3 is 2.32 bits per heavy atom. The molecular formula is C12H15Cl2O4P. The summed E-state index contributed by atoms with van der Waals surface area (Å²) in [6, 6.07) is 4.71. The van der Waals surface area contributed by atoms with Crippen molar-refractivity contribution in [2.75, 3.05) is 19.4 Å². The first-order valence-electron chi connectivity index (χ1n) is 5.79. The number of ketones is 1. The molecule has 4 nitrogen and oxygen atoms in total. The molecule has 0 unspecified atom stereocenters. The third-order valence-corrected chi connectivity index (χ3v) is 5.04. The van der Waals surface area contributed by atoms with Crippen molar-refractivity contribution in [3.63, 3.8) is 0 Å². The Hall–Kier alpha value is -0.380. The van der Waals surface area contributed by atoms with Crippen LogP contribution in [0.15, 0.2) is 18.2 Å². The van der Waals surface area contributed by atoms with E-state index in [-0.39, 0.29) is 35.0 Å². The second-order valence-corrected chi connectivity index (χ2v) is 6.47. The molecule has 0 heterocycles. The van der Waals surface area contributed by atoms with E-state index in [2.05, 4.69) is 0 Å². The summed E-state index contributed by atoms with van der Waals surface area (Å²) in [4.78, 5) is 12.1. The fraction of sp³-hybridized carbons (Fsp3) is 0.417. The van der Waals surface area contributed by atoms with E-state index in [1.165, 1.54) is 6.07 Å². The largest absolute Gasteiger partial charge is 0.338 e. The highest BCUT2D eigenvalue weighted by atomic mass is 35.5. The van der Waals surface area contributed by atoms with Gasteiger partial charge >= 0.3 is 7.60 Å². The minimum absolute atomic E-state index is 0.147. The molecule has 0 aliphatic rings. The number of carbonyl (C=O) groups is 1. The van der Waals surface area contributed by atoms with Gasteiger partial charge in [0.2, 0.25) is 0 Å². The maximum atomic E-state index is 12.3. The molecule has 1 rings (SSSR count). The number of hydrogen-bond donors (Lipinski definition) is 0. The molecule has 0 amide bonds. The Morgan fingerprint density at radius 2 is 1.79 bits per heavy atom. The van der Waals surface area contributed by atoms with E-state index >= 15 is 0 Å². The van der Waals surface area contributed by atoms with Crippen molar-refractivity contribution < 1.29 is 18.4 Å². The van der Waals surface area contributed by atoms with Gasteiger partial charge in [0.05, 0.1) is 23.3 Å². The van der Waals surface area contributed by atoms with Crippen LogP contribution in [0.1, 0.15) is 24.2 Å². The van der Waals surface area contributed by atoms with E-state index in [1.54, 1.807) is 26.0 Å². The number of Topliss-reactive ketones (excluding diaryl/α,β-unsaturated/α-hetero) is 1. The van der Waals surface area contributed by atoms with Crippen LogP contribution in [0.4, 0.5) is 0 Å². The quantitative estimate of drug-likeness (QED) is 0.549. The summed E-state index contributed by atoms with van der Waals surface area (Å²) < 4.78 is 22.4. The Kier molecular flexibility index (Phi) is 6.51. The minimum atomic E-state index is -3.43. The summed E-state index contributed by atoms with van der Waals surface area (Å²) in [6.45, 7) is 3.77. The summed E-state index contributed by atoms with van der Waals surface area (Å²) in [6.07, 6.45) is -0.352. The van der Waals surface area contributed by atoms with Gasteiger partial charge in [-0.2, -0.15) is 0 Å². The van der Waals surface area contributed by atoms with Gasteiger partial charge in [-0.25, -0.2) is 0 Å². The van der Waals surface area contributed by atoms with Crippen LogP contribution in [-0.4, -0.2) is 25.2 Å². The molecule has 0 saturated carbocycles. The monoisotopic (exact) mass is 324 g/mol. The highest BCUT2D eigenvalue weighted by Gasteiger charge is 2.29. The lowest BCUT2D eigenvalue weighted by Gasteiger charge is -2.16. The molecule has 0 radical (unpaired) electrons. The van der Waals surface area contributed by atoms with Crippen LogP contribution in [0.2, 0.25) is 10.0 Å². The van der Waals surface area contributed by atoms with Gasteiger partial charge in [-0.15, -0.1) is 0 Å². The Bertz CT molecular complexity index is 495. The molecule has 0 saturated heterocycles. The predicted octanol–water partition coefficient (Wildman–Crippen LogP) is 4.44. The molecule has 1 aromatic rings. The minimum Gasteiger partial charge on any atom is -0.309 e. The lowest BCUT2D eigenvalue weighted by molar-refractivity contribution is 0.100. The molecule has 7 heteroatoms. The third-order valence-electron chi connectivity index (χ3n) is 2.24. The van der Waals surface area contributed by atoms with Crippen molar-refractivity contribution in [3.05, 3.63) is 33.8 Å². The van der Waals surface area contributed by atoms with E-state index in [0.717, 1.165) is 0 Å². The van der Waals surface area contributed by atoms with Crippen LogP contribution in [0.5, 0.6) is 0 Å². The van der Waals surface area contributed by atoms with Crippen LogP contribution < -0.4 is 0 Å². The van der Waals surface area contributed by atoms with Crippen LogP contribution in [-0.2, 0) is 13.6 Å². The Morgan fingerprint density at radius 1 is 1.21 bits per heavy atom. The van der Waals surface area contributed by atoms with Crippen LogP contribution in [0.25, 0.3) is 0 Å². The van der Waals surface area contributed by atoms with Gasteiger partial charge in [-0.05, 0) is 26.0 Å². The van der Waals surface area contributed by atoms with Crippen molar-refractivity contribution in [1.29, 1.82) is 0 Å². The average Bonchev–Trinajstić information content (AvgIpc) is 2.32. The topological polar surface area (TPSA) is 52.6 Å². The average molecular weight is 325 g/mol. The zero-order chi connectivity index (χ0) is 14.5. The van der Waals surface area contributed by atoms with Crippen molar-refractivity contribution in [3.8, 4) is 0 Å². The molecule has 0 aliphatic carbocycles. The Labute approximate surface area is 122 Å². The maximum absolute atomic E-state index is 12.3. The lowest BCUT2D eigenvalue weighted by atomic mass is 10.1. The van der Waals surface area contributed by atoms with Gasteiger partial charge in [0.1, 0.15) is 6.16 Å². The molecule has 0 atom stereocenters. The highest BCUT2D eigenvalue weighted by Crippen LogP contribution is 2.48. The molecule has 19 heavy (non-hydrogen) atoms. The van der Waals surface area contributed by atoms with Gasteiger partial charge in [0, 0.05) is 5.56 Å². The van der Waals surface area contributed by atoms with E-state index < -0.39 is 13.4 Å². The summed E-state index contributed by atoms with van der Waals surface area (Å²) in [5.74, 6) is -0.419. The standard InChI is InChI=1S/C12H15Cl2O4P/c1-3-17-19(16,18-4-2)8-11(15)9-6-5-7-10(13)12(9)14/h5-7H,3-4,8H2,1-2H3. The summed E-state index contributed by atoms with van der Waals surface area (Å²) in [5, 5.41) is 0.420. The lowest BCUT2D eigenvalue weighted by Crippen LogP contribution is -2.11. The van der Waals surface area contributed by atoms with Crippen molar-refractivity contribution >= 4 is 36.6 Å². The van der Waals surface area contributed by atoms with Crippen LogP contribution in [0, 0.1) is 0 Å². The van der Waals surface area contributed by atoms with Crippen LogP contribution >= 0.6 is 30.8 Å². The molecule has 0 fully saturated rings. The van der Waals surface area contributed by atoms with E-state index in [9.17, 15) is 9.36 Å². The number of rotatable bonds is 7. The zero-order valence-electron chi connectivity index (χ0n) is 10.7. The first-order valence-corrected chi connectivity index (χ1v) is 8.27. The van der Waals surface area contributed by atoms with Gasteiger partial charge in [0.15, 0.2) is 5.78 Å². The number of benzene rings is 1. The molecule has 1 aromatic carbocycles. The predicted molar refractivity (Wildman–Crippen MR) is 76.5 cm³/mol. The molecule has 0 spiro atoms. The summed E-state index contributed by atoms with van der Waals surface area (Å²) in [7, 11) is -3.43. The molecular weight excluding hydrogens is 310 g/mol. The molecule has 0 aromatic heterocycles. The number of carbonyl (C=O) groups excluding carboxylic acids is 1. The highest BCUT2D eigenvalue weighted by molar-refractivity contribution is 7.55. The van der Waals surface area contributed by atoms with E-state index in [4.69, 9.17) is 32.2 Å². The fourth-order valence-electron chi connectivity index (χ4n) is 1.50. The Balaban J connectivity index is 2.94. The third kappa shape index (κ3) is 4.59. The summed E-state index contributed by atoms with van der Waals surface area (Å²) in [5.41, 5.74) is 0.216. The maximum Gasteiger partial charge on any atom is 0.338 e. The normalized spacial score (nSPS) is 11.6. The second-order valence-electron chi connectivity index (χ2n) is 3.63. The first-order chi connectivity index (χ1) is 8.93. The fourth-order valence-corrected chi connectivity index (χ4v) is 3.47. The second kappa shape index (κ2) is 7.41. The molecule has 0 N–H and O–H groups in total. The van der Waals surface area contributed by atoms with Gasteiger partial charge < -0.3 is 9.05 Å². The molecule has 0 aliphatic heterocycles. The van der Waals surface area contributed by atoms with Crippen molar-refractivity contribution in [2.45, 2.75) is 13.8 Å². The molecule has 0 bridgehead atoms.